The van der Waals surface area contributed by atoms with Crippen LogP contribution in [0, 0.1) is 0 Å². The van der Waals surface area contributed by atoms with Crippen LogP contribution in [0.3, 0.4) is 0 Å². The summed E-state index contributed by atoms with van der Waals surface area (Å²) in [5.41, 5.74) is 3.41. The molecule has 0 spiro atoms. The van der Waals surface area contributed by atoms with Gasteiger partial charge in [-0.05, 0) is 12.1 Å². The minimum absolute atomic E-state index is 0.708. The molecule has 6 heteroatoms. The minimum Gasteiger partial charge on any atom is -0.300 e. The second-order valence-electron chi connectivity index (χ2n) is 2.29. The average molecular weight is 232 g/mol. The summed E-state index contributed by atoms with van der Waals surface area (Å²) in [5.74, 6) is 5.22. The molecule has 0 bridgehead atoms. The summed E-state index contributed by atoms with van der Waals surface area (Å²) in [7, 11) is 0. The van der Waals surface area contributed by atoms with Crippen molar-refractivity contribution in [3.8, 4) is 10.6 Å². The third-order valence-corrected chi connectivity index (χ3v) is 3.48. The third kappa shape index (κ3) is 1.83. The van der Waals surface area contributed by atoms with Crippen LogP contribution >= 0.6 is 34.3 Å². The number of thiophene rings is 1. The molecule has 0 amide bonds. The van der Waals surface area contributed by atoms with Crippen molar-refractivity contribution in [1.82, 2.24) is 4.98 Å². The van der Waals surface area contributed by atoms with E-state index in [1.165, 1.54) is 22.7 Å². The molecule has 0 radical (unpaired) electrons. The Bertz CT molecular complexity index is 409. The number of anilines is 1. The Kier molecular flexibility index (Phi) is 2.50. The molecular formula is C7H6ClN3S2. The maximum atomic E-state index is 5.80. The molecule has 0 aliphatic rings. The van der Waals surface area contributed by atoms with E-state index in [-0.39, 0.29) is 0 Å². The summed E-state index contributed by atoms with van der Waals surface area (Å²) >= 11 is 8.78. The van der Waals surface area contributed by atoms with Gasteiger partial charge in [0.1, 0.15) is 0 Å². The number of nitrogen functional groups attached to an aromatic ring is 1. The Hall–Kier alpha value is -0.620. The summed E-state index contributed by atoms with van der Waals surface area (Å²) in [6.45, 7) is 0. The van der Waals surface area contributed by atoms with Crippen molar-refractivity contribution in [2.45, 2.75) is 0 Å². The zero-order valence-corrected chi connectivity index (χ0v) is 8.84. The van der Waals surface area contributed by atoms with Crippen molar-refractivity contribution < 1.29 is 0 Å². The number of hydrogen-bond acceptors (Lipinski definition) is 5. The molecule has 0 fully saturated rings. The molecule has 0 aromatic carbocycles. The highest BCUT2D eigenvalue weighted by atomic mass is 35.5. The molecule has 0 saturated carbocycles. The summed E-state index contributed by atoms with van der Waals surface area (Å²) in [4.78, 5) is 5.30. The van der Waals surface area contributed by atoms with E-state index in [1.54, 1.807) is 0 Å². The average Bonchev–Trinajstić information content (AvgIpc) is 2.71. The van der Waals surface area contributed by atoms with Gasteiger partial charge in [-0.15, -0.1) is 22.7 Å². The van der Waals surface area contributed by atoms with Crippen molar-refractivity contribution in [1.29, 1.82) is 0 Å². The maximum Gasteiger partial charge on any atom is 0.197 e. The lowest BCUT2D eigenvalue weighted by Crippen LogP contribution is -2.05. The number of hydrazine groups is 1. The zero-order chi connectivity index (χ0) is 9.26. The smallest absolute Gasteiger partial charge is 0.197 e. The lowest BCUT2D eigenvalue weighted by atomic mass is 10.4. The third-order valence-electron chi connectivity index (χ3n) is 1.45. The van der Waals surface area contributed by atoms with Crippen LogP contribution in [0.1, 0.15) is 0 Å². The van der Waals surface area contributed by atoms with Crippen molar-refractivity contribution in [3.05, 3.63) is 21.8 Å². The van der Waals surface area contributed by atoms with E-state index in [0.29, 0.717) is 5.13 Å². The number of nitrogens with one attached hydrogen (secondary N) is 1. The largest absolute Gasteiger partial charge is 0.300 e. The van der Waals surface area contributed by atoms with Gasteiger partial charge in [-0.3, -0.25) is 5.43 Å². The lowest BCUT2D eigenvalue weighted by Gasteiger charge is -1.89. The number of nitrogens with two attached hydrogens (primary N) is 1. The van der Waals surface area contributed by atoms with E-state index < -0.39 is 0 Å². The van der Waals surface area contributed by atoms with Crippen molar-refractivity contribution in [2.75, 3.05) is 5.43 Å². The first-order chi connectivity index (χ1) is 6.29. The molecule has 3 N–H and O–H groups in total. The molecule has 0 atom stereocenters. The zero-order valence-electron chi connectivity index (χ0n) is 6.45. The second kappa shape index (κ2) is 3.63. The van der Waals surface area contributed by atoms with Gasteiger partial charge in [0.05, 0.1) is 14.9 Å². The van der Waals surface area contributed by atoms with Gasteiger partial charge >= 0.3 is 0 Å². The van der Waals surface area contributed by atoms with Crippen LogP contribution in [-0.4, -0.2) is 4.98 Å². The van der Waals surface area contributed by atoms with E-state index in [0.717, 1.165) is 14.9 Å². The van der Waals surface area contributed by atoms with Gasteiger partial charge in [0.2, 0.25) is 0 Å². The molecule has 0 aliphatic heterocycles. The normalized spacial score (nSPS) is 10.3. The number of nitrogens with zero attached hydrogens (tertiary/aromatic N) is 1. The number of halogens is 1. The fraction of sp³-hybridized carbons (Fsp3) is 0. The lowest BCUT2D eigenvalue weighted by molar-refractivity contribution is 1.29. The topological polar surface area (TPSA) is 50.9 Å². The molecule has 0 unspecified atom stereocenters. The van der Waals surface area contributed by atoms with Gasteiger partial charge in [-0.1, -0.05) is 11.6 Å². The molecule has 2 heterocycles. The Balaban J connectivity index is 2.35. The van der Waals surface area contributed by atoms with Gasteiger partial charge < -0.3 is 0 Å². The van der Waals surface area contributed by atoms with E-state index in [9.17, 15) is 0 Å². The van der Waals surface area contributed by atoms with Gasteiger partial charge in [-0.25, -0.2) is 10.8 Å². The molecular weight excluding hydrogens is 226 g/mol. The van der Waals surface area contributed by atoms with Crippen molar-refractivity contribution in [3.63, 3.8) is 0 Å². The maximum absolute atomic E-state index is 5.80. The predicted octanol–water partition coefficient (Wildman–Crippen LogP) is 2.81. The number of thiazole rings is 1. The SMILES string of the molecule is NNc1nc(-c2ccc(Cl)s2)cs1. The first-order valence-electron chi connectivity index (χ1n) is 3.47. The Morgan fingerprint density at radius 3 is 2.85 bits per heavy atom. The Labute approximate surface area is 88.2 Å². The highest BCUT2D eigenvalue weighted by molar-refractivity contribution is 7.20. The molecule has 0 aliphatic carbocycles. The van der Waals surface area contributed by atoms with Crippen LogP contribution in [0.5, 0.6) is 0 Å². The summed E-state index contributed by atoms with van der Waals surface area (Å²) < 4.78 is 0.769. The van der Waals surface area contributed by atoms with Gasteiger partial charge in [0.25, 0.3) is 0 Å². The van der Waals surface area contributed by atoms with Crippen LogP contribution in [0.2, 0.25) is 4.34 Å². The molecule has 2 rings (SSSR count). The molecule has 2 aromatic rings. The first-order valence-corrected chi connectivity index (χ1v) is 5.55. The molecule has 2 aromatic heterocycles. The van der Waals surface area contributed by atoms with Gasteiger partial charge in [0, 0.05) is 5.38 Å². The second-order valence-corrected chi connectivity index (χ2v) is 4.86. The van der Waals surface area contributed by atoms with E-state index in [4.69, 9.17) is 17.4 Å². The molecule has 3 nitrogen and oxygen atoms in total. The van der Waals surface area contributed by atoms with Crippen LogP contribution < -0.4 is 11.3 Å². The fourth-order valence-electron chi connectivity index (χ4n) is 0.905. The molecule has 68 valence electrons. The standard InChI is InChI=1S/C7H6ClN3S2/c8-6-2-1-5(13-6)4-3-12-7(10-4)11-9/h1-3H,9H2,(H,10,11). The molecule has 13 heavy (non-hydrogen) atoms. The van der Waals surface area contributed by atoms with E-state index in [1.807, 2.05) is 17.5 Å². The van der Waals surface area contributed by atoms with E-state index >= 15 is 0 Å². The summed E-state index contributed by atoms with van der Waals surface area (Å²) in [6.07, 6.45) is 0. The number of hydrogen-bond donors (Lipinski definition) is 2. The van der Waals surface area contributed by atoms with Crippen LogP contribution in [0.4, 0.5) is 5.13 Å². The van der Waals surface area contributed by atoms with Crippen molar-refractivity contribution in [2.24, 2.45) is 5.84 Å². The highest BCUT2D eigenvalue weighted by Crippen LogP contribution is 2.32. The van der Waals surface area contributed by atoms with Crippen LogP contribution in [0.15, 0.2) is 17.5 Å². The Morgan fingerprint density at radius 2 is 2.31 bits per heavy atom. The fourth-order valence-corrected chi connectivity index (χ4v) is 2.61. The van der Waals surface area contributed by atoms with Crippen molar-refractivity contribution >= 4 is 39.4 Å². The van der Waals surface area contributed by atoms with Crippen LogP contribution in [-0.2, 0) is 0 Å². The van der Waals surface area contributed by atoms with E-state index in [2.05, 4.69) is 10.4 Å². The number of aromatic nitrogens is 1. The first kappa shape index (κ1) is 8.96. The van der Waals surface area contributed by atoms with Gasteiger partial charge in [0.15, 0.2) is 5.13 Å². The molecule has 0 saturated heterocycles. The van der Waals surface area contributed by atoms with Crippen LogP contribution in [0.25, 0.3) is 10.6 Å². The quantitative estimate of drug-likeness (QED) is 0.617. The monoisotopic (exact) mass is 231 g/mol. The summed E-state index contributed by atoms with van der Waals surface area (Å²) in [6, 6.07) is 3.80. The number of rotatable bonds is 2. The highest BCUT2D eigenvalue weighted by Gasteiger charge is 2.05. The minimum atomic E-state index is 0.708. The summed E-state index contributed by atoms with van der Waals surface area (Å²) in [5, 5.41) is 2.65. The van der Waals surface area contributed by atoms with Gasteiger partial charge in [-0.2, -0.15) is 0 Å². The Morgan fingerprint density at radius 1 is 1.46 bits per heavy atom. The predicted molar refractivity (Wildman–Crippen MR) is 58.2 cm³/mol.